The van der Waals surface area contributed by atoms with Gasteiger partial charge in [-0.1, -0.05) is 6.42 Å². The summed E-state index contributed by atoms with van der Waals surface area (Å²) in [5, 5.41) is 0.991. The average molecular weight is 355 g/mol. The Balaban J connectivity index is 1.30. The monoisotopic (exact) mass is 355 g/mol. The summed E-state index contributed by atoms with van der Waals surface area (Å²) in [6, 6.07) is 7.14. The van der Waals surface area contributed by atoms with Gasteiger partial charge in [0, 0.05) is 48.7 Å². The smallest absolute Gasteiger partial charge is 0.252 e. The van der Waals surface area contributed by atoms with E-state index in [1.807, 2.05) is 18.2 Å². The fourth-order valence-corrected chi connectivity index (χ4v) is 4.54. The standard InChI is InChI=1S/C20H25N3O3/c1-13-4-2-3-5-23(13)16-10-22(11-16)9-15-6-14-7-18-19(26-12-25-18)8-17(14)21-20(15)24/h6-8,13,16H,2-5,9-12H2,1H3,(H,21,24). The molecule has 138 valence electrons. The molecule has 6 heteroatoms. The number of hydrogen-bond donors (Lipinski definition) is 1. The third-order valence-electron chi connectivity index (χ3n) is 6.07. The molecular formula is C20H25N3O3. The molecule has 26 heavy (non-hydrogen) atoms. The van der Waals surface area contributed by atoms with Crippen molar-refractivity contribution in [2.45, 2.75) is 44.8 Å². The number of benzene rings is 1. The first-order valence-electron chi connectivity index (χ1n) is 9.61. The van der Waals surface area contributed by atoms with E-state index in [4.69, 9.17) is 9.47 Å². The highest BCUT2D eigenvalue weighted by Crippen LogP contribution is 2.35. The number of ether oxygens (including phenoxy) is 2. The number of fused-ring (bicyclic) bond motifs is 2. The molecule has 5 rings (SSSR count). The van der Waals surface area contributed by atoms with Crippen LogP contribution in [0.25, 0.3) is 10.9 Å². The van der Waals surface area contributed by atoms with E-state index in [9.17, 15) is 4.79 Å². The maximum Gasteiger partial charge on any atom is 0.252 e. The van der Waals surface area contributed by atoms with E-state index >= 15 is 0 Å². The largest absolute Gasteiger partial charge is 0.454 e. The molecule has 0 saturated carbocycles. The van der Waals surface area contributed by atoms with E-state index < -0.39 is 0 Å². The Bertz CT molecular complexity index is 888. The Kier molecular flexibility index (Phi) is 3.90. The molecule has 0 amide bonds. The van der Waals surface area contributed by atoms with Gasteiger partial charge in [0.2, 0.25) is 6.79 Å². The van der Waals surface area contributed by atoms with E-state index in [1.165, 1.54) is 25.8 Å². The molecule has 4 heterocycles. The van der Waals surface area contributed by atoms with Gasteiger partial charge >= 0.3 is 0 Å². The van der Waals surface area contributed by atoms with Crippen LogP contribution in [0.1, 0.15) is 31.7 Å². The highest BCUT2D eigenvalue weighted by molar-refractivity contribution is 5.83. The van der Waals surface area contributed by atoms with Crippen molar-refractivity contribution in [1.82, 2.24) is 14.8 Å². The van der Waals surface area contributed by atoms with Gasteiger partial charge in [-0.3, -0.25) is 14.6 Å². The van der Waals surface area contributed by atoms with Crippen LogP contribution >= 0.6 is 0 Å². The van der Waals surface area contributed by atoms with Crippen LogP contribution in [0.2, 0.25) is 0 Å². The molecule has 0 spiro atoms. The summed E-state index contributed by atoms with van der Waals surface area (Å²) in [5.74, 6) is 1.45. The van der Waals surface area contributed by atoms with Crippen LogP contribution in [0.5, 0.6) is 11.5 Å². The fourth-order valence-electron chi connectivity index (χ4n) is 4.54. The summed E-state index contributed by atoms with van der Waals surface area (Å²) < 4.78 is 10.8. The summed E-state index contributed by atoms with van der Waals surface area (Å²) >= 11 is 0. The van der Waals surface area contributed by atoms with Crippen LogP contribution in [0.15, 0.2) is 23.0 Å². The second-order valence-corrected chi connectivity index (χ2v) is 7.85. The molecule has 3 aliphatic heterocycles. The molecule has 0 bridgehead atoms. The predicted octanol–water partition coefficient (Wildman–Crippen LogP) is 2.32. The van der Waals surface area contributed by atoms with E-state index in [-0.39, 0.29) is 12.4 Å². The van der Waals surface area contributed by atoms with E-state index in [2.05, 4.69) is 21.7 Å². The molecule has 6 nitrogen and oxygen atoms in total. The zero-order chi connectivity index (χ0) is 17.7. The number of nitrogens with zero attached hydrogens (tertiary/aromatic N) is 2. The lowest BCUT2D eigenvalue weighted by molar-refractivity contribution is -0.00635. The van der Waals surface area contributed by atoms with Crippen LogP contribution in [-0.2, 0) is 6.54 Å². The van der Waals surface area contributed by atoms with Gasteiger partial charge in [0.1, 0.15) is 0 Å². The predicted molar refractivity (Wildman–Crippen MR) is 99.8 cm³/mol. The number of hydrogen-bond acceptors (Lipinski definition) is 5. The topological polar surface area (TPSA) is 57.8 Å². The van der Waals surface area contributed by atoms with Gasteiger partial charge in [-0.15, -0.1) is 0 Å². The van der Waals surface area contributed by atoms with Gasteiger partial charge in [-0.05, 0) is 38.4 Å². The molecular weight excluding hydrogens is 330 g/mol. The number of nitrogens with one attached hydrogen (secondary N) is 1. The van der Waals surface area contributed by atoms with Crippen LogP contribution in [0.4, 0.5) is 0 Å². The van der Waals surface area contributed by atoms with Crippen LogP contribution in [0, 0.1) is 0 Å². The van der Waals surface area contributed by atoms with Crippen molar-refractivity contribution in [3.63, 3.8) is 0 Å². The lowest BCUT2D eigenvalue weighted by Gasteiger charge is -2.49. The quantitative estimate of drug-likeness (QED) is 0.916. The lowest BCUT2D eigenvalue weighted by Crippen LogP contribution is -2.61. The van der Waals surface area contributed by atoms with Crippen molar-refractivity contribution in [3.8, 4) is 11.5 Å². The minimum absolute atomic E-state index is 0.00819. The van der Waals surface area contributed by atoms with Crippen molar-refractivity contribution in [2.75, 3.05) is 26.4 Å². The second-order valence-electron chi connectivity index (χ2n) is 7.85. The van der Waals surface area contributed by atoms with Crippen LogP contribution in [-0.4, -0.2) is 53.3 Å². The highest BCUT2D eigenvalue weighted by atomic mass is 16.7. The third-order valence-corrected chi connectivity index (χ3v) is 6.07. The molecule has 1 unspecified atom stereocenters. The Morgan fingerprint density at radius 1 is 1.15 bits per heavy atom. The molecule has 2 fully saturated rings. The molecule has 1 N–H and O–H groups in total. The SMILES string of the molecule is CC1CCCCN1C1CN(Cc2cc3cc4c(cc3[nH]c2=O)OCO4)C1. The summed E-state index contributed by atoms with van der Waals surface area (Å²) in [5.41, 5.74) is 1.61. The number of pyridine rings is 1. The molecule has 1 aromatic heterocycles. The Morgan fingerprint density at radius 3 is 2.77 bits per heavy atom. The molecule has 3 aliphatic rings. The van der Waals surface area contributed by atoms with E-state index in [0.29, 0.717) is 24.4 Å². The molecule has 0 aliphatic carbocycles. The molecule has 2 saturated heterocycles. The number of aromatic nitrogens is 1. The van der Waals surface area contributed by atoms with E-state index in [0.717, 1.165) is 35.3 Å². The zero-order valence-corrected chi connectivity index (χ0v) is 15.2. The van der Waals surface area contributed by atoms with Gasteiger partial charge in [0.15, 0.2) is 11.5 Å². The Morgan fingerprint density at radius 2 is 1.96 bits per heavy atom. The van der Waals surface area contributed by atoms with Gasteiger partial charge in [-0.2, -0.15) is 0 Å². The minimum atomic E-state index is -0.00819. The van der Waals surface area contributed by atoms with Gasteiger partial charge in [0.25, 0.3) is 5.56 Å². The number of rotatable bonds is 3. The first kappa shape index (κ1) is 16.1. The van der Waals surface area contributed by atoms with Crippen molar-refractivity contribution in [2.24, 2.45) is 0 Å². The van der Waals surface area contributed by atoms with Crippen LogP contribution < -0.4 is 15.0 Å². The Hall–Kier alpha value is -2.05. The third kappa shape index (κ3) is 2.77. The highest BCUT2D eigenvalue weighted by Gasteiger charge is 2.35. The maximum atomic E-state index is 12.5. The number of H-pyrrole nitrogens is 1. The van der Waals surface area contributed by atoms with Crippen molar-refractivity contribution < 1.29 is 9.47 Å². The van der Waals surface area contributed by atoms with Crippen molar-refractivity contribution >= 4 is 10.9 Å². The van der Waals surface area contributed by atoms with E-state index in [1.54, 1.807) is 0 Å². The summed E-state index contributed by atoms with van der Waals surface area (Å²) in [6.45, 7) is 6.64. The Labute approximate surface area is 152 Å². The first-order valence-corrected chi connectivity index (χ1v) is 9.61. The molecule has 2 aromatic rings. The number of aromatic amines is 1. The van der Waals surface area contributed by atoms with Crippen molar-refractivity contribution in [1.29, 1.82) is 0 Å². The fraction of sp³-hybridized carbons (Fsp3) is 0.550. The number of likely N-dealkylation sites (tertiary alicyclic amines) is 2. The van der Waals surface area contributed by atoms with Gasteiger partial charge < -0.3 is 14.5 Å². The van der Waals surface area contributed by atoms with Gasteiger partial charge in [0.05, 0.1) is 5.52 Å². The molecule has 1 atom stereocenters. The maximum absolute atomic E-state index is 12.5. The average Bonchev–Trinajstić information content (AvgIpc) is 3.04. The first-order chi connectivity index (χ1) is 12.7. The summed E-state index contributed by atoms with van der Waals surface area (Å²) in [6.07, 6.45) is 4.00. The lowest BCUT2D eigenvalue weighted by atomic mass is 9.97. The number of piperidine rings is 1. The molecule has 0 radical (unpaired) electrons. The second kappa shape index (κ2) is 6.28. The normalized spacial score (nSPS) is 24.1. The zero-order valence-electron chi connectivity index (χ0n) is 15.2. The molecule has 1 aromatic carbocycles. The van der Waals surface area contributed by atoms with Crippen LogP contribution in [0.3, 0.4) is 0 Å². The summed E-state index contributed by atoms with van der Waals surface area (Å²) in [7, 11) is 0. The van der Waals surface area contributed by atoms with Gasteiger partial charge in [-0.25, -0.2) is 0 Å². The van der Waals surface area contributed by atoms with Crippen molar-refractivity contribution in [3.05, 3.63) is 34.1 Å². The minimum Gasteiger partial charge on any atom is -0.454 e. The summed E-state index contributed by atoms with van der Waals surface area (Å²) in [4.78, 5) is 20.5.